The van der Waals surface area contributed by atoms with Gasteiger partial charge in [-0.05, 0) is 42.5 Å². The van der Waals surface area contributed by atoms with Crippen LogP contribution in [0, 0.1) is 0 Å². The molecule has 2 aromatic carbocycles. The quantitative estimate of drug-likeness (QED) is 0.162. The lowest BCUT2D eigenvalue weighted by Gasteiger charge is -2.13. The molecule has 0 aliphatic carbocycles. The molecule has 2 N–H and O–H groups in total. The lowest BCUT2D eigenvalue weighted by molar-refractivity contribution is -0.151. The summed E-state index contributed by atoms with van der Waals surface area (Å²) in [5.41, 5.74) is 0.839. The summed E-state index contributed by atoms with van der Waals surface area (Å²) in [4.78, 5) is 19.9. The summed E-state index contributed by atoms with van der Waals surface area (Å²) in [5, 5.41) is 5.94. The first-order valence-corrected chi connectivity index (χ1v) is 11.8. The van der Waals surface area contributed by atoms with Crippen molar-refractivity contribution in [2.75, 3.05) is 18.4 Å². The number of ether oxygens (including phenoxy) is 1. The molecular formula is C25H20ClF6N5O2. The third kappa shape index (κ3) is 7.60. The highest BCUT2D eigenvalue weighted by Crippen LogP contribution is 2.36. The number of fused-ring (bicyclic) bond motifs is 1. The molecule has 0 atom stereocenters. The van der Waals surface area contributed by atoms with Gasteiger partial charge >= 0.3 is 12.4 Å². The zero-order chi connectivity index (χ0) is 28.2. The van der Waals surface area contributed by atoms with Crippen LogP contribution in [0.4, 0.5) is 37.8 Å². The number of anilines is 2. The van der Waals surface area contributed by atoms with Gasteiger partial charge in [-0.2, -0.15) is 26.3 Å². The number of hydrogen-bond acceptors (Lipinski definition) is 6. The molecule has 2 heterocycles. The Kier molecular flexibility index (Phi) is 8.31. The highest BCUT2D eigenvalue weighted by molar-refractivity contribution is 6.32. The molecule has 0 fully saturated rings. The van der Waals surface area contributed by atoms with Crippen molar-refractivity contribution in [3.63, 3.8) is 0 Å². The summed E-state index contributed by atoms with van der Waals surface area (Å²) in [7, 11) is 0. The maximum Gasteiger partial charge on any atom is 0.416 e. The molecule has 2 aromatic heterocycles. The number of nitrogens with one attached hydrogen (secondary N) is 2. The van der Waals surface area contributed by atoms with E-state index in [1.54, 1.807) is 22.9 Å². The van der Waals surface area contributed by atoms with E-state index in [0.29, 0.717) is 29.1 Å². The summed E-state index contributed by atoms with van der Waals surface area (Å²) >= 11 is 6.32. The number of nitrogens with zero attached hydrogens (tertiary/aromatic N) is 3. The fraction of sp³-hybridized carbons (Fsp3) is 0.240. The number of rotatable bonds is 10. The van der Waals surface area contributed by atoms with Crippen LogP contribution in [0.15, 0.2) is 61.1 Å². The molecule has 0 radical (unpaired) electrons. The van der Waals surface area contributed by atoms with Crippen LogP contribution in [0.5, 0.6) is 11.5 Å². The lowest BCUT2D eigenvalue weighted by Crippen LogP contribution is -2.29. The van der Waals surface area contributed by atoms with Crippen molar-refractivity contribution < 1.29 is 35.9 Å². The maximum atomic E-state index is 13.0. The molecule has 39 heavy (non-hydrogen) atoms. The van der Waals surface area contributed by atoms with Gasteiger partial charge < -0.3 is 19.9 Å². The van der Waals surface area contributed by atoms with E-state index in [4.69, 9.17) is 16.3 Å². The van der Waals surface area contributed by atoms with Gasteiger partial charge in [-0.15, -0.1) is 0 Å². The van der Waals surface area contributed by atoms with Crippen molar-refractivity contribution in [1.82, 2.24) is 19.9 Å². The van der Waals surface area contributed by atoms with Crippen LogP contribution in [0.3, 0.4) is 0 Å². The fourth-order valence-electron chi connectivity index (χ4n) is 3.68. The minimum absolute atomic E-state index is 0.0310. The molecule has 0 aliphatic heterocycles. The molecule has 0 saturated carbocycles. The Morgan fingerprint density at radius 1 is 1.03 bits per heavy atom. The van der Waals surface area contributed by atoms with Gasteiger partial charge in [-0.3, -0.25) is 4.79 Å². The molecule has 0 saturated heterocycles. The molecule has 0 bridgehead atoms. The van der Waals surface area contributed by atoms with Crippen LogP contribution in [0.25, 0.3) is 11.0 Å². The number of Topliss-reactive ketones (excluding diaryl/α,β-unsaturated/α-hetero) is 1. The Hall–Kier alpha value is -3.84. The van der Waals surface area contributed by atoms with Crippen LogP contribution in [0.2, 0.25) is 5.02 Å². The second kappa shape index (κ2) is 11.5. The van der Waals surface area contributed by atoms with Crippen LogP contribution in [0.1, 0.15) is 12.0 Å². The zero-order valence-electron chi connectivity index (χ0n) is 19.9. The highest BCUT2D eigenvalue weighted by atomic mass is 35.5. The minimum atomic E-state index is -4.54. The van der Waals surface area contributed by atoms with Gasteiger partial charge in [0.15, 0.2) is 11.6 Å². The Labute approximate surface area is 222 Å². The first kappa shape index (κ1) is 28.2. The van der Waals surface area contributed by atoms with Gasteiger partial charge in [-0.25, -0.2) is 9.97 Å². The van der Waals surface area contributed by atoms with Gasteiger partial charge in [0.25, 0.3) is 0 Å². The molecule has 206 valence electrons. The monoisotopic (exact) mass is 571 g/mol. The Morgan fingerprint density at radius 2 is 1.82 bits per heavy atom. The molecule has 14 heteroatoms. The van der Waals surface area contributed by atoms with E-state index in [1.165, 1.54) is 30.6 Å². The van der Waals surface area contributed by atoms with E-state index >= 15 is 0 Å². The van der Waals surface area contributed by atoms with Crippen molar-refractivity contribution in [2.24, 2.45) is 0 Å². The predicted molar refractivity (Wildman–Crippen MR) is 132 cm³/mol. The second-order valence-electron chi connectivity index (χ2n) is 8.37. The largest absolute Gasteiger partial charge is 0.456 e. The van der Waals surface area contributed by atoms with Crippen molar-refractivity contribution in [2.45, 2.75) is 25.3 Å². The van der Waals surface area contributed by atoms with Gasteiger partial charge in [0.1, 0.15) is 29.8 Å². The SMILES string of the molecule is O=C(CNCCn1ccc2ncnc(Nc3ccc(Oc4cccc(C(F)(F)F)c4)c(Cl)c3)c21)CC(F)(F)F. The van der Waals surface area contributed by atoms with Crippen LogP contribution >= 0.6 is 11.6 Å². The number of carbonyl (C=O) groups is 1. The van der Waals surface area contributed by atoms with Gasteiger partial charge in [0, 0.05) is 25.0 Å². The molecule has 0 spiro atoms. The van der Waals surface area contributed by atoms with Crippen molar-refractivity contribution in [3.8, 4) is 11.5 Å². The Bertz CT molecular complexity index is 1470. The lowest BCUT2D eigenvalue weighted by atomic mass is 10.2. The average Bonchev–Trinajstić information content (AvgIpc) is 3.26. The van der Waals surface area contributed by atoms with Crippen molar-refractivity contribution in [1.29, 1.82) is 0 Å². The van der Waals surface area contributed by atoms with Crippen LogP contribution in [-0.4, -0.2) is 39.6 Å². The van der Waals surface area contributed by atoms with Gasteiger partial charge in [0.05, 0.1) is 22.6 Å². The second-order valence-corrected chi connectivity index (χ2v) is 8.78. The first-order valence-electron chi connectivity index (χ1n) is 11.4. The smallest absolute Gasteiger partial charge is 0.416 e. The van der Waals surface area contributed by atoms with E-state index in [9.17, 15) is 31.1 Å². The molecular weight excluding hydrogens is 552 g/mol. The van der Waals surface area contributed by atoms with Crippen LogP contribution in [-0.2, 0) is 17.5 Å². The molecule has 4 rings (SSSR count). The third-order valence-corrected chi connectivity index (χ3v) is 5.68. The summed E-state index contributed by atoms with van der Waals surface area (Å²) in [5.74, 6) is -0.441. The summed E-state index contributed by atoms with van der Waals surface area (Å²) in [6, 6.07) is 10.8. The topological polar surface area (TPSA) is 81.1 Å². The predicted octanol–water partition coefficient (Wildman–Crippen LogP) is 6.75. The van der Waals surface area contributed by atoms with Crippen LogP contribution < -0.4 is 15.4 Å². The molecule has 0 amide bonds. The highest BCUT2D eigenvalue weighted by Gasteiger charge is 2.31. The summed E-state index contributed by atoms with van der Waals surface area (Å²) in [6.07, 6.45) is -7.48. The normalized spacial score (nSPS) is 12.1. The molecule has 4 aromatic rings. The Balaban J connectivity index is 1.44. The molecule has 0 unspecified atom stereocenters. The molecule has 7 nitrogen and oxygen atoms in total. The number of halogens is 7. The first-order chi connectivity index (χ1) is 18.4. The number of alkyl halides is 6. The fourth-order valence-corrected chi connectivity index (χ4v) is 3.90. The van der Waals surface area contributed by atoms with Crippen molar-refractivity contribution in [3.05, 3.63) is 71.6 Å². The number of aromatic nitrogens is 3. The average molecular weight is 572 g/mol. The Morgan fingerprint density at radius 3 is 2.54 bits per heavy atom. The van der Waals surface area contributed by atoms with E-state index in [0.717, 1.165) is 12.1 Å². The number of carbonyl (C=O) groups excluding carboxylic acids is 1. The van der Waals surface area contributed by atoms with Gasteiger partial charge in [-0.1, -0.05) is 17.7 Å². The van der Waals surface area contributed by atoms with E-state index in [-0.39, 0.29) is 23.1 Å². The number of ketones is 1. The maximum absolute atomic E-state index is 13.0. The van der Waals surface area contributed by atoms with Gasteiger partial charge in [0.2, 0.25) is 0 Å². The minimum Gasteiger partial charge on any atom is -0.456 e. The number of benzene rings is 2. The number of hydrogen-bond donors (Lipinski definition) is 2. The summed E-state index contributed by atoms with van der Waals surface area (Å²) in [6.45, 7) is 0.123. The zero-order valence-corrected chi connectivity index (χ0v) is 20.7. The third-order valence-electron chi connectivity index (χ3n) is 5.38. The van der Waals surface area contributed by atoms with E-state index in [2.05, 4.69) is 20.6 Å². The van der Waals surface area contributed by atoms with E-state index in [1.807, 2.05) is 0 Å². The standard InChI is InChI=1S/C25H20ClF6N5O2/c26-19-11-16(4-5-21(19)39-18-3-1-2-15(10-18)25(30,31)32)36-23-22-20(34-14-35-23)6-8-37(22)9-7-33-13-17(38)12-24(27,28)29/h1-6,8,10-11,14,33H,7,9,12-13H2,(H,34,35,36). The molecule has 0 aliphatic rings. The van der Waals surface area contributed by atoms with E-state index < -0.39 is 36.7 Å². The summed E-state index contributed by atoms with van der Waals surface area (Å²) < 4.78 is 83.2. The van der Waals surface area contributed by atoms with Crippen molar-refractivity contribution >= 4 is 39.9 Å².